The molecule has 7 heteroatoms. The summed E-state index contributed by atoms with van der Waals surface area (Å²) in [5.41, 5.74) is 0.513. The molecule has 2 aromatic rings. The van der Waals surface area contributed by atoms with Crippen molar-refractivity contribution in [2.45, 2.75) is 0 Å². The highest BCUT2D eigenvalue weighted by atomic mass is 32.1. The summed E-state index contributed by atoms with van der Waals surface area (Å²) >= 11 is 1.26. The minimum absolute atomic E-state index is 0.135. The smallest absolute Gasteiger partial charge is 0.225 e. The van der Waals surface area contributed by atoms with Crippen LogP contribution < -0.4 is 14.2 Å². The molecule has 0 spiro atoms. The lowest BCUT2D eigenvalue weighted by Crippen LogP contribution is -2.06. The first-order valence-electron chi connectivity index (χ1n) is 7.20. The molecule has 0 aliphatic heterocycles. The van der Waals surface area contributed by atoms with E-state index in [4.69, 9.17) is 18.9 Å². The second-order valence-electron chi connectivity index (χ2n) is 4.68. The Morgan fingerprint density at radius 2 is 1.96 bits per heavy atom. The maximum atomic E-state index is 12.3. The number of ether oxygens (including phenoxy) is 4. The van der Waals surface area contributed by atoms with Crippen molar-refractivity contribution < 1.29 is 23.7 Å². The van der Waals surface area contributed by atoms with Crippen LogP contribution in [0, 0.1) is 0 Å². The highest BCUT2D eigenvalue weighted by Crippen LogP contribution is 2.28. The zero-order valence-corrected chi connectivity index (χ0v) is 14.6. The predicted molar refractivity (Wildman–Crippen MR) is 92.4 cm³/mol. The number of ketones is 1. The van der Waals surface area contributed by atoms with Crippen molar-refractivity contribution in [3.63, 3.8) is 0 Å². The maximum Gasteiger partial charge on any atom is 0.225 e. The standard InChI is InChI=1S/C17H19NO5S/c1-20-8-9-23-15-7-4-12(10-16(15)21-2)14(19)6-5-13-11-17(22-3)18-24-13/h4-7,10-11H,8-9H2,1-3H3. The van der Waals surface area contributed by atoms with Crippen LogP contribution >= 0.6 is 11.5 Å². The molecular formula is C17H19NO5S. The van der Waals surface area contributed by atoms with Gasteiger partial charge in [-0.1, -0.05) is 0 Å². The molecule has 128 valence electrons. The van der Waals surface area contributed by atoms with Crippen molar-refractivity contribution in [2.75, 3.05) is 34.5 Å². The molecule has 0 atom stereocenters. The van der Waals surface area contributed by atoms with E-state index in [1.807, 2.05) is 0 Å². The number of hydrogen-bond acceptors (Lipinski definition) is 7. The third kappa shape index (κ3) is 4.81. The van der Waals surface area contributed by atoms with Crippen LogP contribution in [0.2, 0.25) is 0 Å². The third-order valence-electron chi connectivity index (χ3n) is 3.11. The molecule has 0 bridgehead atoms. The third-order valence-corrected chi connectivity index (χ3v) is 3.84. The summed E-state index contributed by atoms with van der Waals surface area (Å²) in [7, 11) is 4.69. The maximum absolute atomic E-state index is 12.3. The van der Waals surface area contributed by atoms with Crippen LogP contribution in [0.1, 0.15) is 15.2 Å². The highest BCUT2D eigenvalue weighted by molar-refractivity contribution is 7.06. The zero-order valence-electron chi connectivity index (χ0n) is 13.8. The summed E-state index contributed by atoms with van der Waals surface area (Å²) in [5, 5.41) is 0. The average molecular weight is 349 g/mol. The van der Waals surface area contributed by atoms with Crippen molar-refractivity contribution in [2.24, 2.45) is 0 Å². The molecular weight excluding hydrogens is 330 g/mol. The summed E-state index contributed by atoms with van der Waals surface area (Å²) in [6, 6.07) is 6.83. The SMILES string of the molecule is COCCOc1ccc(C(=O)C=Cc2cc(OC)ns2)cc1OC. The molecule has 0 amide bonds. The van der Waals surface area contributed by atoms with E-state index in [1.54, 1.807) is 44.6 Å². The molecule has 1 aromatic heterocycles. The molecule has 0 fully saturated rings. The first-order chi connectivity index (χ1) is 11.7. The van der Waals surface area contributed by atoms with Crippen molar-refractivity contribution in [3.8, 4) is 17.4 Å². The van der Waals surface area contributed by atoms with Gasteiger partial charge in [-0.25, -0.2) is 0 Å². The number of carbonyl (C=O) groups excluding carboxylic acids is 1. The van der Waals surface area contributed by atoms with Gasteiger partial charge in [0.1, 0.15) is 6.61 Å². The van der Waals surface area contributed by atoms with Gasteiger partial charge in [0.05, 0.1) is 25.7 Å². The second-order valence-corrected chi connectivity index (χ2v) is 5.51. The van der Waals surface area contributed by atoms with Crippen LogP contribution in [-0.4, -0.2) is 44.7 Å². The Labute approximate surface area is 144 Å². The number of rotatable bonds is 9. The lowest BCUT2D eigenvalue weighted by Gasteiger charge is -2.11. The van der Waals surface area contributed by atoms with E-state index in [1.165, 1.54) is 24.7 Å². The minimum Gasteiger partial charge on any atom is -0.493 e. The van der Waals surface area contributed by atoms with Crippen molar-refractivity contribution >= 4 is 23.4 Å². The Hall–Kier alpha value is -2.38. The lowest BCUT2D eigenvalue weighted by atomic mass is 10.1. The Kier molecular flexibility index (Phi) is 6.77. The van der Waals surface area contributed by atoms with Gasteiger partial charge < -0.3 is 18.9 Å². The van der Waals surface area contributed by atoms with Crippen molar-refractivity contribution in [3.05, 3.63) is 40.8 Å². The van der Waals surface area contributed by atoms with Gasteiger partial charge in [0.15, 0.2) is 17.3 Å². The van der Waals surface area contributed by atoms with E-state index in [2.05, 4.69) is 4.37 Å². The van der Waals surface area contributed by atoms with Crippen molar-refractivity contribution in [1.29, 1.82) is 0 Å². The van der Waals surface area contributed by atoms with Gasteiger partial charge >= 0.3 is 0 Å². The van der Waals surface area contributed by atoms with Gasteiger partial charge in [0.2, 0.25) is 5.88 Å². The molecule has 0 radical (unpaired) electrons. The summed E-state index contributed by atoms with van der Waals surface area (Å²) in [4.78, 5) is 13.1. The number of hydrogen-bond donors (Lipinski definition) is 0. The molecule has 6 nitrogen and oxygen atoms in total. The van der Waals surface area contributed by atoms with Gasteiger partial charge in [-0.3, -0.25) is 4.79 Å². The van der Waals surface area contributed by atoms with Crippen LogP contribution in [0.5, 0.6) is 17.4 Å². The minimum atomic E-state index is -0.135. The van der Waals surface area contributed by atoms with Crippen LogP contribution in [0.25, 0.3) is 6.08 Å². The Morgan fingerprint density at radius 1 is 1.12 bits per heavy atom. The lowest BCUT2D eigenvalue weighted by molar-refractivity contribution is 0.104. The monoisotopic (exact) mass is 349 g/mol. The molecule has 0 unspecified atom stereocenters. The predicted octanol–water partition coefficient (Wildman–Crippen LogP) is 3.08. The van der Waals surface area contributed by atoms with Crippen LogP contribution in [0.3, 0.4) is 0 Å². The van der Waals surface area contributed by atoms with E-state index >= 15 is 0 Å². The van der Waals surface area contributed by atoms with Crippen LogP contribution in [0.15, 0.2) is 30.3 Å². The molecule has 0 saturated carbocycles. The molecule has 1 aromatic carbocycles. The number of benzene rings is 1. The van der Waals surface area contributed by atoms with Gasteiger partial charge in [-0.15, -0.1) is 0 Å². The average Bonchev–Trinajstić information content (AvgIpc) is 3.08. The fourth-order valence-electron chi connectivity index (χ4n) is 1.88. The van der Waals surface area contributed by atoms with Gasteiger partial charge in [-0.05, 0) is 41.9 Å². The van der Waals surface area contributed by atoms with E-state index < -0.39 is 0 Å². The van der Waals surface area contributed by atoms with E-state index in [0.717, 1.165) is 4.88 Å². The number of allylic oxidation sites excluding steroid dienone is 1. The molecule has 2 rings (SSSR count). The Bertz CT molecular complexity index is 711. The van der Waals surface area contributed by atoms with Gasteiger partial charge in [-0.2, -0.15) is 4.37 Å². The fraction of sp³-hybridized carbons (Fsp3) is 0.294. The largest absolute Gasteiger partial charge is 0.493 e. The summed E-state index contributed by atoms with van der Waals surface area (Å²) in [6.07, 6.45) is 3.20. The topological polar surface area (TPSA) is 66.9 Å². The fourth-order valence-corrected chi connectivity index (χ4v) is 2.48. The quantitative estimate of drug-likeness (QED) is 0.394. The van der Waals surface area contributed by atoms with Crippen LogP contribution in [0.4, 0.5) is 0 Å². The normalized spacial score (nSPS) is 10.8. The van der Waals surface area contributed by atoms with E-state index in [-0.39, 0.29) is 5.78 Å². The number of nitrogens with zero attached hydrogens (tertiary/aromatic N) is 1. The molecule has 0 N–H and O–H groups in total. The number of carbonyl (C=O) groups is 1. The molecule has 24 heavy (non-hydrogen) atoms. The first-order valence-corrected chi connectivity index (χ1v) is 7.98. The van der Waals surface area contributed by atoms with Crippen LogP contribution in [-0.2, 0) is 4.74 Å². The first kappa shape index (κ1) is 18.0. The summed E-state index contributed by atoms with van der Waals surface area (Å²) in [5.74, 6) is 1.47. The summed E-state index contributed by atoms with van der Waals surface area (Å²) in [6.45, 7) is 0.887. The van der Waals surface area contributed by atoms with Crippen molar-refractivity contribution in [1.82, 2.24) is 4.37 Å². The molecule has 0 saturated heterocycles. The molecule has 1 heterocycles. The Morgan fingerprint density at radius 3 is 2.62 bits per heavy atom. The Balaban J connectivity index is 2.08. The van der Waals surface area contributed by atoms with Gasteiger partial charge in [0.25, 0.3) is 0 Å². The molecule has 0 aliphatic rings. The number of aromatic nitrogens is 1. The number of methoxy groups -OCH3 is 3. The summed E-state index contributed by atoms with van der Waals surface area (Å²) < 4.78 is 24.9. The second kappa shape index (κ2) is 9.05. The molecule has 0 aliphatic carbocycles. The van der Waals surface area contributed by atoms with E-state index in [0.29, 0.717) is 36.2 Å². The highest BCUT2D eigenvalue weighted by Gasteiger charge is 2.10. The zero-order chi connectivity index (χ0) is 17.4. The van der Waals surface area contributed by atoms with Gasteiger partial charge in [0, 0.05) is 18.7 Å². The van der Waals surface area contributed by atoms with E-state index in [9.17, 15) is 4.79 Å².